The van der Waals surface area contributed by atoms with Crippen molar-refractivity contribution in [1.82, 2.24) is 0 Å². The standard InChI is InChI=1S/C18H22O2Si2/c1-21(2,3)9-7-15-11-18(14-20)16(12-17(15)13-19)8-10-22(4,5)6/h11-14H,1-6H3. The molecule has 0 spiro atoms. The summed E-state index contributed by atoms with van der Waals surface area (Å²) in [4.78, 5) is 22.6. The lowest BCUT2D eigenvalue weighted by atomic mass is 10.0. The Kier molecular flexibility index (Phi) is 5.71. The first kappa shape index (κ1) is 18.2. The minimum absolute atomic E-state index is 0.497. The minimum Gasteiger partial charge on any atom is -0.298 e. The Bertz CT molecular complexity index is 648. The number of benzene rings is 1. The van der Waals surface area contributed by atoms with Gasteiger partial charge in [0.15, 0.2) is 12.6 Å². The zero-order chi connectivity index (χ0) is 17.0. The summed E-state index contributed by atoms with van der Waals surface area (Å²) in [6, 6.07) is 3.36. The number of aldehydes is 2. The van der Waals surface area contributed by atoms with Crippen LogP contribution in [0.5, 0.6) is 0 Å². The Morgan fingerprint density at radius 2 is 1.05 bits per heavy atom. The van der Waals surface area contributed by atoms with Crippen LogP contribution in [0, 0.1) is 22.9 Å². The van der Waals surface area contributed by atoms with E-state index in [-0.39, 0.29) is 0 Å². The molecule has 0 heterocycles. The molecule has 0 aliphatic carbocycles. The largest absolute Gasteiger partial charge is 0.298 e. The Morgan fingerprint density at radius 1 is 0.727 bits per heavy atom. The summed E-state index contributed by atoms with van der Waals surface area (Å²) in [7, 11) is -3.09. The summed E-state index contributed by atoms with van der Waals surface area (Å²) in [6.07, 6.45) is 1.56. The van der Waals surface area contributed by atoms with Gasteiger partial charge in [-0.1, -0.05) is 51.1 Å². The second kappa shape index (κ2) is 6.92. The fraction of sp³-hybridized carbons (Fsp3) is 0.333. The van der Waals surface area contributed by atoms with E-state index in [4.69, 9.17) is 0 Å². The molecule has 0 N–H and O–H groups in total. The number of carbonyl (C=O) groups excluding carboxylic acids is 2. The molecule has 0 bridgehead atoms. The van der Waals surface area contributed by atoms with Crippen LogP contribution >= 0.6 is 0 Å². The highest BCUT2D eigenvalue weighted by molar-refractivity contribution is 6.84. The van der Waals surface area contributed by atoms with Gasteiger partial charge in [-0.3, -0.25) is 9.59 Å². The van der Waals surface area contributed by atoms with Crippen molar-refractivity contribution >= 4 is 28.7 Å². The maximum atomic E-state index is 11.3. The van der Waals surface area contributed by atoms with Gasteiger partial charge in [0.1, 0.15) is 16.1 Å². The summed E-state index contributed by atoms with van der Waals surface area (Å²) in [6.45, 7) is 12.8. The molecule has 0 saturated heterocycles. The fourth-order valence-electron chi connectivity index (χ4n) is 1.55. The predicted molar refractivity (Wildman–Crippen MR) is 97.7 cm³/mol. The normalized spacial score (nSPS) is 10.8. The lowest BCUT2D eigenvalue weighted by Crippen LogP contribution is -2.16. The third kappa shape index (κ3) is 5.85. The van der Waals surface area contributed by atoms with Gasteiger partial charge in [0.05, 0.1) is 0 Å². The Labute approximate surface area is 135 Å². The molecule has 0 saturated carbocycles. The zero-order valence-electron chi connectivity index (χ0n) is 14.1. The van der Waals surface area contributed by atoms with E-state index >= 15 is 0 Å². The van der Waals surface area contributed by atoms with E-state index in [1.54, 1.807) is 12.1 Å². The molecule has 114 valence electrons. The average molecular weight is 327 g/mol. The molecule has 0 fully saturated rings. The van der Waals surface area contributed by atoms with Gasteiger partial charge in [0.25, 0.3) is 0 Å². The molecule has 0 aliphatic rings. The monoisotopic (exact) mass is 326 g/mol. The molecule has 0 unspecified atom stereocenters. The van der Waals surface area contributed by atoms with E-state index in [0.717, 1.165) is 12.6 Å². The molecule has 1 rings (SSSR count). The van der Waals surface area contributed by atoms with Crippen LogP contribution in [0.1, 0.15) is 31.8 Å². The number of hydrogen-bond acceptors (Lipinski definition) is 2. The number of rotatable bonds is 2. The maximum absolute atomic E-state index is 11.3. The van der Waals surface area contributed by atoms with Gasteiger partial charge in [-0.15, -0.1) is 11.1 Å². The van der Waals surface area contributed by atoms with Crippen molar-refractivity contribution in [2.75, 3.05) is 0 Å². The van der Waals surface area contributed by atoms with Gasteiger partial charge in [-0.25, -0.2) is 0 Å². The van der Waals surface area contributed by atoms with E-state index < -0.39 is 16.1 Å². The van der Waals surface area contributed by atoms with E-state index in [1.807, 2.05) is 0 Å². The van der Waals surface area contributed by atoms with Gasteiger partial charge >= 0.3 is 0 Å². The van der Waals surface area contributed by atoms with Crippen LogP contribution in [-0.4, -0.2) is 28.7 Å². The molecule has 2 nitrogen and oxygen atoms in total. The van der Waals surface area contributed by atoms with Gasteiger partial charge in [0, 0.05) is 22.3 Å². The van der Waals surface area contributed by atoms with Crippen LogP contribution in [0.25, 0.3) is 0 Å². The smallest absolute Gasteiger partial charge is 0.151 e. The van der Waals surface area contributed by atoms with Crippen molar-refractivity contribution in [3.05, 3.63) is 34.4 Å². The molecular weight excluding hydrogens is 304 g/mol. The van der Waals surface area contributed by atoms with E-state index in [0.29, 0.717) is 22.3 Å². The highest BCUT2D eigenvalue weighted by atomic mass is 28.3. The van der Waals surface area contributed by atoms with Crippen LogP contribution in [0.2, 0.25) is 39.3 Å². The van der Waals surface area contributed by atoms with Crippen LogP contribution in [-0.2, 0) is 0 Å². The molecule has 0 amide bonds. The Balaban J connectivity index is 3.46. The van der Waals surface area contributed by atoms with Crippen LogP contribution in [0.4, 0.5) is 0 Å². The predicted octanol–water partition coefficient (Wildman–Crippen LogP) is 3.77. The van der Waals surface area contributed by atoms with Crippen molar-refractivity contribution in [2.24, 2.45) is 0 Å². The first-order chi connectivity index (χ1) is 10.1. The molecule has 0 aromatic heterocycles. The van der Waals surface area contributed by atoms with Crippen molar-refractivity contribution in [3.8, 4) is 22.9 Å². The van der Waals surface area contributed by atoms with Crippen molar-refractivity contribution in [1.29, 1.82) is 0 Å². The Hall–Kier alpha value is -1.89. The molecule has 4 heteroatoms. The van der Waals surface area contributed by atoms with E-state index in [9.17, 15) is 9.59 Å². The van der Waals surface area contributed by atoms with Crippen LogP contribution < -0.4 is 0 Å². The summed E-state index contributed by atoms with van der Waals surface area (Å²) >= 11 is 0. The van der Waals surface area contributed by atoms with Crippen molar-refractivity contribution < 1.29 is 9.59 Å². The van der Waals surface area contributed by atoms with Crippen molar-refractivity contribution in [3.63, 3.8) is 0 Å². The number of carbonyl (C=O) groups is 2. The maximum Gasteiger partial charge on any atom is 0.151 e. The average Bonchev–Trinajstić information content (AvgIpc) is 2.40. The second-order valence-corrected chi connectivity index (χ2v) is 16.8. The van der Waals surface area contributed by atoms with E-state index in [2.05, 4.69) is 62.2 Å². The number of hydrogen-bond donors (Lipinski definition) is 0. The highest BCUT2D eigenvalue weighted by Crippen LogP contribution is 2.15. The lowest BCUT2D eigenvalue weighted by molar-refractivity contribution is 0.111. The second-order valence-electron chi connectivity index (χ2n) is 7.26. The summed E-state index contributed by atoms with van der Waals surface area (Å²) in [5.74, 6) is 6.12. The first-order valence-corrected chi connectivity index (χ1v) is 14.2. The molecule has 1 aromatic rings. The Morgan fingerprint density at radius 3 is 1.27 bits per heavy atom. The molecule has 1 aromatic carbocycles. The molecule has 22 heavy (non-hydrogen) atoms. The lowest BCUT2D eigenvalue weighted by Gasteiger charge is -2.07. The summed E-state index contributed by atoms with van der Waals surface area (Å²) in [5, 5.41) is 0. The van der Waals surface area contributed by atoms with Crippen LogP contribution in [0.3, 0.4) is 0 Å². The van der Waals surface area contributed by atoms with Gasteiger partial charge in [0.2, 0.25) is 0 Å². The molecule has 0 atom stereocenters. The SMILES string of the molecule is C[Si](C)(C)C#Cc1cc(C=O)c(C#C[Si](C)(C)C)cc1C=O. The first-order valence-electron chi connectivity index (χ1n) is 7.20. The third-order valence-corrected chi connectivity index (χ3v) is 4.37. The van der Waals surface area contributed by atoms with Gasteiger partial charge in [-0.05, 0) is 12.1 Å². The van der Waals surface area contributed by atoms with Gasteiger partial charge in [-0.2, -0.15) is 0 Å². The summed E-state index contributed by atoms with van der Waals surface area (Å²) in [5.41, 5.74) is 8.66. The third-order valence-electron chi connectivity index (χ3n) is 2.62. The van der Waals surface area contributed by atoms with Crippen molar-refractivity contribution in [2.45, 2.75) is 39.3 Å². The quantitative estimate of drug-likeness (QED) is 0.471. The van der Waals surface area contributed by atoms with Crippen LogP contribution in [0.15, 0.2) is 12.1 Å². The summed E-state index contributed by atoms with van der Waals surface area (Å²) < 4.78 is 0. The molecule has 0 aliphatic heterocycles. The topological polar surface area (TPSA) is 34.1 Å². The molecule has 0 radical (unpaired) electrons. The van der Waals surface area contributed by atoms with Gasteiger partial charge < -0.3 is 0 Å². The highest BCUT2D eigenvalue weighted by Gasteiger charge is 2.11. The minimum atomic E-state index is -1.54. The zero-order valence-corrected chi connectivity index (χ0v) is 16.1. The molecular formula is C18H22O2Si2. The van der Waals surface area contributed by atoms with E-state index in [1.165, 1.54) is 0 Å². The fourth-order valence-corrected chi connectivity index (χ4v) is 2.57.